The zero-order chi connectivity index (χ0) is 14.9. The second-order valence-corrected chi connectivity index (χ2v) is 5.08. The smallest absolute Gasteiger partial charge is 0.229 e. The van der Waals surface area contributed by atoms with Crippen molar-refractivity contribution in [3.05, 3.63) is 29.3 Å². The Morgan fingerprint density at radius 2 is 1.80 bits per heavy atom. The molecular weight excluding hydrogens is 264 g/mol. The Hall–Kier alpha value is -1.18. The van der Waals surface area contributed by atoms with Crippen molar-refractivity contribution in [3.8, 4) is 5.75 Å². The van der Waals surface area contributed by atoms with Gasteiger partial charge in [0.1, 0.15) is 30.2 Å². The molecule has 6 heteroatoms. The summed E-state index contributed by atoms with van der Waals surface area (Å²) in [6.45, 7) is 3.33. The van der Waals surface area contributed by atoms with Crippen LogP contribution in [0.2, 0.25) is 0 Å². The maximum atomic E-state index is 9.89. The van der Waals surface area contributed by atoms with Gasteiger partial charge in [0.05, 0.1) is 6.61 Å². The normalized spacial score (nSPS) is 34.0. The van der Waals surface area contributed by atoms with Crippen LogP contribution in [0.5, 0.6) is 5.75 Å². The third-order valence-corrected chi connectivity index (χ3v) is 3.42. The Balaban J connectivity index is 2.15. The van der Waals surface area contributed by atoms with Crippen molar-refractivity contribution in [2.24, 2.45) is 0 Å². The van der Waals surface area contributed by atoms with E-state index in [0.29, 0.717) is 5.75 Å². The fourth-order valence-electron chi connectivity index (χ4n) is 2.22. The number of hydrogen-bond acceptors (Lipinski definition) is 6. The topological polar surface area (TPSA) is 99.4 Å². The number of aliphatic hydroxyl groups is 4. The number of benzene rings is 1. The summed E-state index contributed by atoms with van der Waals surface area (Å²) in [7, 11) is 0. The average molecular weight is 284 g/mol. The van der Waals surface area contributed by atoms with Crippen LogP contribution in [0.3, 0.4) is 0 Å². The molecule has 1 aromatic carbocycles. The summed E-state index contributed by atoms with van der Waals surface area (Å²) in [6.07, 6.45) is -6.32. The highest BCUT2D eigenvalue weighted by atomic mass is 16.7. The van der Waals surface area contributed by atoms with Gasteiger partial charge in [0.15, 0.2) is 0 Å². The summed E-state index contributed by atoms with van der Waals surface area (Å²) >= 11 is 0. The molecule has 20 heavy (non-hydrogen) atoms. The van der Waals surface area contributed by atoms with Gasteiger partial charge in [-0.2, -0.15) is 0 Å². The number of ether oxygens (including phenoxy) is 2. The van der Waals surface area contributed by atoms with Gasteiger partial charge in [0.25, 0.3) is 0 Å². The van der Waals surface area contributed by atoms with Crippen LogP contribution in [0, 0.1) is 13.8 Å². The van der Waals surface area contributed by atoms with Gasteiger partial charge in [-0.05, 0) is 25.5 Å². The molecule has 6 nitrogen and oxygen atoms in total. The molecule has 0 unspecified atom stereocenters. The van der Waals surface area contributed by atoms with Crippen LogP contribution in [0.4, 0.5) is 0 Å². The van der Waals surface area contributed by atoms with E-state index in [0.717, 1.165) is 11.1 Å². The van der Waals surface area contributed by atoms with E-state index in [1.54, 1.807) is 6.07 Å². The number of rotatable bonds is 3. The average Bonchev–Trinajstić information content (AvgIpc) is 2.42. The van der Waals surface area contributed by atoms with E-state index in [2.05, 4.69) is 0 Å². The minimum absolute atomic E-state index is 0.475. The highest BCUT2D eigenvalue weighted by molar-refractivity contribution is 5.35. The minimum Gasteiger partial charge on any atom is -0.462 e. The van der Waals surface area contributed by atoms with E-state index in [9.17, 15) is 15.3 Å². The van der Waals surface area contributed by atoms with Gasteiger partial charge >= 0.3 is 0 Å². The van der Waals surface area contributed by atoms with Crippen LogP contribution in [0.1, 0.15) is 11.1 Å². The maximum Gasteiger partial charge on any atom is 0.229 e. The van der Waals surface area contributed by atoms with Gasteiger partial charge in [-0.25, -0.2) is 0 Å². The predicted octanol–water partition coefficient (Wildman–Crippen LogP) is -0.518. The molecule has 0 aromatic heterocycles. The van der Waals surface area contributed by atoms with Gasteiger partial charge in [0, 0.05) is 0 Å². The van der Waals surface area contributed by atoms with Crippen molar-refractivity contribution in [2.75, 3.05) is 6.61 Å². The molecule has 1 aromatic rings. The zero-order valence-corrected chi connectivity index (χ0v) is 11.4. The first kappa shape index (κ1) is 15.2. The van der Waals surface area contributed by atoms with Crippen LogP contribution in [-0.4, -0.2) is 57.7 Å². The van der Waals surface area contributed by atoms with E-state index < -0.39 is 37.3 Å². The Labute approximate surface area is 117 Å². The van der Waals surface area contributed by atoms with Crippen LogP contribution in [-0.2, 0) is 4.74 Å². The highest BCUT2D eigenvalue weighted by Gasteiger charge is 2.44. The van der Waals surface area contributed by atoms with Crippen LogP contribution >= 0.6 is 0 Å². The highest BCUT2D eigenvalue weighted by Crippen LogP contribution is 2.26. The molecule has 2 rings (SSSR count). The van der Waals surface area contributed by atoms with E-state index in [1.807, 2.05) is 26.0 Å². The van der Waals surface area contributed by atoms with Crippen LogP contribution in [0.25, 0.3) is 0 Å². The second kappa shape index (κ2) is 6.07. The van der Waals surface area contributed by atoms with Crippen molar-refractivity contribution in [3.63, 3.8) is 0 Å². The first-order valence-corrected chi connectivity index (χ1v) is 6.48. The summed E-state index contributed by atoms with van der Waals surface area (Å²) in [5.74, 6) is 0.514. The van der Waals surface area contributed by atoms with Crippen molar-refractivity contribution < 1.29 is 29.9 Å². The lowest BCUT2D eigenvalue weighted by atomic mass is 9.99. The summed E-state index contributed by atoms with van der Waals surface area (Å²) in [6, 6.07) is 5.51. The van der Waals surface area contributed by atoms with Gasteiger partial charge in [-0.15, -0.1) is 0 Å². The lowest BCUT2D eigenvalue weighted by molar-refractivity contribution is -0.277. The molecule has 1 aliphatic rings. The Bertz CT molecular complexity index is 461. The molecule has 1 heterocycles. The van der Waals surface area contributed by atoms with Crippen molar-refractivity contribution in [1.82, 2.24) is 0 Å². The minimum atomic E-state index is -1.43. The van der Waals surface area contributed by atoms with E-state index in [1.165, 1.54) is 0 Å². The maximum absolute atomic E-state index is 9.89. The SMILES string of the molecule is Cc1ccc(O[C@H]2O[C@H](CO)[C@@H](O)[C@H](O)[C@@H]2O)c(C)c1. The fraction of sp³-hybridized carbons (Fsp3) is 0.571. The Morgan fingerprint density at radius 1 is 1.10 bits per heavy atom. The van der Waals surface area contributed by atoms with Crippen molar-refractivity contribution in [1.29, 1.82) is 0 Å². The van der Waals surface area contributed by atoms with E-state index in [4.69, 9.17) is 14.6 Å². The molecule has 112 valence electrons. The first-order chi connectivity index (χ1) is 9.43. The monoisotopic (exact) mass is 284 g/mol. The Morgan fingerprint density at radius 3 is 2.40 bits per heavy atom. The fourth-order valence-corrected chi connectivity index (χ4v) is 2.22. The molecule has 1 saturated heterocycles. The summed E-state index contributed by atoms with van der Waals surface area (Å²) in [5.41, 5.74) is 1.94. The molecule has 0 bridgehead atoms. The molecule has 4 N–H and O–H groups in total. The van der Waals surface area contributed by atoms with Gasteiger partial charge in [0.2, 0.25) is 6.29 Å². The molecule has 0 aliphatic carbocycles. The van der Waals surface area contributed by atoms with Gasteiger partial charge < -0.3 is 29.9 Å². The first-order valence-electron chi connectivity index (χ1n) is 6.48. The molecule has 1 fully saturated rings. The van der Waals surface area contributed by atoms with Crippen LogP contribution in [0.15, 0.2) is 18.2 Å². The third kappa shape index (κ3) is 2.94. The third-order valence-electron chi connectivity index (χ3n) is 3.42. The quantitative estimate of drug-likeness (QED) is 0.596. The van der Waals surface area contributed by atoms with Crippen LogP contribution < -0.4 is 4.74 Å². The zero-order valence-electron chi connectivity index (χ0n) is 11.4. The summed E-state index contributed by atoms with van der Waals surface area (Å²) < 4.78 is 10.8. The number of aliphatic hydroxyl groups excluding tert-OH is 4. The summed E-state index contributed by atoms with van der Waals surface area (Å²) in [4.78, 5) is 0. The van der Waals surface area contributed by atoms with Crippen molar-refractivity contribution in [2.45, 2.75) is 44.6 Å². The molecule has 0 spiro atoms. The molecule has 5 atom stereocenters. The van der Waals surface area contributed by atoms with Gasteiger partial charge in [-0.3, -0.25) is 0 Å². The van der Waals surface area contributed by atoms with Gasteiger partial charge in [-0.1, -0.05) is 17.7 Å². The number of aryl methyl sites for hydroxylation is 2. The number of hydrogen-bond donors (Lipinski definition) is 4. The van der Waals surface area contributed by atoms with E-state index in [-0.39, 0.29) is 0 Å². The lowest BCUT2D eigenvalue weighted by Gasteiger charge is -2.39. The molecule has 0 amide bonds. The molecule has 0 radical (unpaired) electrons. The lowest BCUT2D eigenvalue weighted by Crippen LogP contribution is -2.60. The second-order valence-electron chi connectivity index (χ2n) is 5.08. The predicted molar refractivity (Wildman–Crippen MR) is 70.3 cm³/mol. The molecule has 0 saturated carbocycles. The molecular formula is C14H20O6. The largest absolute Gasteiger partial charge is 0.462 e. The molecule has 1 aliphatic heterocycles. The standard InChI is InChI=1S/C14H20O6/c1-7-3-4-9(8(2)5-7)19-14-13(18)12(17)11(16)10(6-15)20-14/h3-5,10-18H,6H2,1-2H3/t10-,11-,12+,13+,14+/m1/s1. The summed E-state index contributed by atoms with van der Waals surface area (Å²) in [5, 5.41) is 38.4. The van der Waals surface area contributed by atoms with E-state index >= 15 is 0 Å². The van der Waals surface area contributed by atoms with Crippen molar-refractivity contribution >= 4 is 0 Å². The Kier molecular flexibility index (Phi) is 4.62.